The monoisotopic (exact) mass is 1050 g/mol. The van der Waals surface area contributed by atoms with Crippen molar-refractivity contribution in [3.05, 3.63) is 10.3 Å². The molecule has 0 bridgehead atoms. The van der Waals surface area contributed by atoms with Gasteiger partial charge in [0.05, 0.1) is 39.6 Å². The molecule has 0 amide bonds. The number of nitrogens with zero attached hydrogens (tertiary/aromatic N) is 17. The molecule has 4 aromatic rings. The van der Waals surface area contributed by atoms with Gasteiger partial charge in [-0.15, -0.1) is 0 Å². The van der Waals surface area contributed by atoms with Crippen molar-refractivity contribution in [2.24, 2.45) is 0 Å². The van der Waals surface area contributed by atoms with Crippen molar-refractivity contribution in [2.75, 3.05) is 262 Å². The number of ether oxygens (including phenoxy) is 3. The van der Waals surface area contributed by atoms with Crippen molar-refractivity contribution >= 4 is 80.7 Å². The Hall–Kier alpha value is -4.18. The minimum absolute atomic E-state index is 0.330. The van der Waals surface area contributed by atoms with E-state index in [0.717, 1.165) is 210 Å². The Morgan fingerprint density at radius 3 is 1.00 bits per heavy atom. The van der Waals surface area contributed by atoms with Crippen LogP contribution in [-0.4, -0.2) is 305 Å². The number of anilines is 6. The smallest absolute Gasteiger partial charge is 0.229 e. The molecule has 26 heteroatoms. The standard InChI is InChI=1S/C24H40ClN11O.C23H37ClN10O2/c1-32-7-11-34(12-8-32)5-4-27-23-20(25)28-19-21(26-3-6-35-15-17-37-18-16-35)30-24(31-22(19)29-23)36-13-9-33(2)10-14-36;1-31-6-8-34(9-7-31)23-29-20(25-2-4-32-10-14-35-15-11-32)18-21(30-23)28-22(19(24)27-18)26-3-5-33-12-16-36-17-13-33/h3-18H2,1-2H3,(H2,26,27,29,30,31);2-17H2,1H3,(H2,25,26,28,29,30). The van der Waals surface area contributed by atoms with Gasteiger partial charge in [-0.05, 0) is 21.1 Å². The first kappa shape index (κ1) is 53.6. The number of hydrogen-bond donors (Lipinski definition) is 4. The molecule has 0 aromatic carbocycles. The molecule has 73 heavy (non-hydrogen) atoms. The maximum atomic E-state index is 6.60. The van der Waals surface area contributed by atoms with E-state index in [1.54, 1.807) is 0 Å². The zero-order valence-corrected chi connectivity index (χ0v) is 44.7. The van der Waals surface area contributed by atoms with Gasteiger partial charge in [0.2, 0.25) is 11.9 Å². The lowest BCUT2D eigenvalue weighted by Crippen LogP contribution is -2.45. The largest absolute Gasteiger partial charge is 0.379 e. The van der Waals surface area contributed by atoms with Gasteiger partial charge >= 0.3 is 0 Å². The van der Waals surface area contributed by atoms with Crippen LogP contribution < -0.4 is 31.1 Å². The first-order valence-corrected chi connectivity index (χ1v) is 27.1. The van der Waals surface area contributed by atoms with E-state index in [9.17, 15) is 0 Å². The average molecular weight is 1060 g/mol. The Morgan fingerprint density at radius 2 is 0.658 bits per heavy atom. The molecule has 0 saturated carbocycles. The normalized spacial score (nSPS) is 20.8. The highest BCUT2D eigenvalue weighted by atomic mass is 35.5. The summed E-state index contributed by atoms with van der Waals surface area (Å²) < 4.78 is 16.4. The summed E-state index contributed by atoms with van der Waals surface area (Å²) in [6, 6.07) is 0. The molecule has 4 N–H and O–H groups in total. The second-order valence-electron chi connectivity index (χ2n) is 19.6. The van der Waals surface area contributed by atoms with E-state index in [-0.39, 0.29) is 0 Å². The van der Waals surface area contributed by atoms with Crippen LogP contribution >= 0.6 is 23.2 Å². The molecule has 0 radical (unpaired) electrons. The van der Waals surface area contributed by atoms with Gasteiger partial charge in [0, 0.05) is 170 Å². The van der Waals surface area contributed by atoms with Gasteiger partial charge in [-0.3, -0.25) is 19.6 Å². The number of likely N-dealkylation sites (N-methyl/N-ethyl adjacent to an activating group) is 3. The van der Waals surface area contributed by atoms with Crippen LogP contribution in [-0.2, 0) is 14.2 Å². The van der Waals surface area contributed by atoms with Crippen LogP contribution in [0.5, 0.6) is 0 Å². The molecular formula is C47H77Cl2N21O3. The SMILES string of the molecule is CN1CCN(CCNc2nc3nc(N4CCN(C)CC4)nc(NCCN4CCOCC4)c3nc2Cl)CC1.CN1CCN(c2nc(NCCN3CCOCC3)c3nc(Cl)c(NCCN4CCOCC4)nc3n2)CC1. The van der Waals surface area contributed by atoms with Gasteiger partial charge in [0.1, 0.15) is 0 Å². The van der Waals surface area contributed by atoms with Gasteiger partial charge in [0.25, 0.3) is 0 Å². The summed E-state index contributed by atoms with van der Waals surface area (Å²) in [4.78, 5) is 59.4. The minimum atomic E-state index is 0.330. The minimum Gasteiger partial charge on any atom is -0.379 e. The predicted molar refractivity (Wildman–Crippen MR) is 289 cm³/mol. The Kier molecular flexibility index (Phi) is 19.9. The zero-order chi connectivity index (χ0) is 50.4. The quantitative estimate of drug-likeness (QED) is 0.107. The topological polar surface area (TPSA) is 208 Å². The molecule has 6 aliphatic heterocycles. The molecule has 0 unspecified atom stereocenters. The molecule has 6 fully saturated rings. The molecule has 6 aliphatic rings. The fourth-order valence-electron chi connectivity index (χ4n) is 9.47. The summed E-state index contributed by atoms with van der Waals surface area (Å²) in [5.74, 6) is 3.86. The number of piperazine rings is 3. The highest BCUT2D eigenvalue weighted by Gasteiger charge is 2.24. The number of rotatable bonds is 18. The maximum Gasteiger partial charge on any atom is 0.229 e. The molecule has 0 aliphatic carbocycles. The lowest BCUT2D eigenvalue weighted by atomic mass is 10.3. The van der Waals surface area contributed by atoms with E-state index in [2.05, 4.69) is 96.5 Å². The molecule has 6 saturated heterocycles. The molecule has 402 valence electrons. The number of fused-ring (bicyclic) bond motifs is 2. The summed E-state index contributed by atoms with van der Waals surface area (Å²) in [6.45, 7) is 28.8. The van der Waals surface area contributed by atoms with E-state index >= 15 is 0 Å². The molecule has 4 aromatic heterocycles. The second kappa shape index (κ2) is 27.0. The highest BCUT2D eigenvalue weighted by Crippen LogP contribution is 2.29. The van der Waals surface area contributed by atoms with Crippen LogP contribution in [0, 0.1) is 0 Å². The lowest BCUT2D eigenvalue weighted by Gasteiger charge is -2.32. The summed E-state index contributed by atoms with van der Waals surface area (Å²) in [5, 5.41) is 14.4. The fourth-order valence-corrected chi connectivity index (χ4v) is 9.86. The van der Waals surface area contributed by atoms with Crippen LogP contribution in [0.25, 0.3) is 22.3 Å². The van der Waals surface area contributed by atoms with E-state index in [1.165, 1.54) is 0 Å². The van der Waals surface area contributed by atoms with E-state index in [0.29, 0.717) is 67.8 Å². The molecule has 10 heterocycles. The number of nitrogens with one attached hydrogen (secondary N) is 4. The van der Waals surface area contributed by atoms with Crippen LogP contribution in [0.2, 0.25) is 10.3 Å². The van der Waals surface area contributed by atoms with E-state index < -0.39 is 0 Å². The van der Waals surface area contributed by atoms with Crippen molar-refractivity contribution in [3.8, 4) is 0 Å². The third-order valence-corrected chi connectivity index (χ3v) is 14.8. The van der Waals surface area contributed by atoms with Gasteiger partial charge in [-0.1, -0.05) is 23.2 Å². The van der Waals surface area contributed by atoms with Gasteiger partial charge in [-0.2, -0.15) is 19.9 Å². The van der Waals surface area contributed by atoms with Crippen molar-refractivity contribution < 1.29 is 14.2 Å². The number of morpholine rings is 3. The third kappa shape index (κ3) is 15.5. The second-order valence-corrected chi connectivity index (χ2v) is 20.3. The predicted octanol–water partition coefficient (Wildman–Crippen LogP) is 0.542. The Morgan fingerprint density at radius 1 is 0.356 bits per heavy atom. The highest BCUT2D eigenvalue weighted by molar-refractivity contribution is 6.32. The van der Waals surface area contributed by atoms with Crippen LogP contribution in [0.15, 0.2) is 0 Å². The molecule has 0 atom stereocenters. The van der Waals surface area contributed by atoms with Crippen molar-refractivity contribution in [1.29, 1.82) is 0 Å². The molecule has 10 rings (SSSR count). The Labute approximate surface area is 439 Å². The fraction of sp³-hybridized carbons (Fsp3) is 0.745. The molecular weight excluding hydrogens is 978 g/mol. The summed E-state index contributed by atoms with van der Waals surface area (Å²) in [5.41, 5.74) is 2.31. The van der Waals surface area contributed by atoms with Crippen molar-refractivity contribution in [3.63, 3.8) is 0 Å². The first-order valence-electron chi connectivity index (χ1n) is 26.3. The van der Waals surface area contributed by atoms with Gasteiger partial charge < -0.3 is 60.0 Å². The van der Waals surface area contributed by atoms with Crippen LogP contribution in [0.3, 0.4) is 0 Å². The Balaban J connectivity index is 0.000000180. The summed E-state index contributed by atoms with van der Waals surface area (Å²) >= 11 is 13.2. The van der Waals surface area contributed by atoms with Gasteiger partial charge in [0.15, 0.2) is 55.9 Å². The van der Waals surface area contributed by atoms with Crippen LogP contribution in [0.1, 0.15) is 0 Å². The first-order chi connectivity index (χ1) is 35.7. The summed E-state index contributed by atoms with van der Waals surface area (Å²) in [7, 11) is 6.45. The lowest BCUT2D eigenvalue weighted by molar-refractivity contribution is 0.0398. The van der Waals surface area contributed by atoms with Crippen molar-refractivity contribution in [1.82, 2.24) is 74.2 Å². The molecule has 24 nitrogen and oxygen atoms in total. The number of hydrogen-bond acceptors (Lipinski definition) is 24. The van der Waals surface area contributed by atoms with Gasteiger partial charge in [-0.25, -0.2) is 19.9 Å². The van der Waals surface area contributed by atoms with E-state index in [1.807, 2.05) is 0 Å². The van der Waals surface area contributed by atoms with Crippen LogP contribution in [0.4, 0.5) is 35.2 Å². The summed E-state index contributed by atoms with van der Waals surface area (Å²) in [6.07, 6.45) is 0. The number of halogens is 2. The average Bonchev–Trinajstić information content (AvgIpc) is 3.41. The third-order valence-electron chi connectivity index (χ3n) is 14.3. The number of aromatic nitrogens is 8. The van der Waals surface area contributed by atoms with Crippen molar-refractivity contribution in [2.45, 2.75) is 0 Å². The zero-order valence-electron chi connectivity index (χ0n) is 43.2. The van der Waals surface area contributed by atoms with E-state index in [4.69, 9.17) is 67.3 Å². The maximum absolute atomic E-state index is 6.60. The Bertz CT molecular complexity index is 2340. The molecule has 0 spiro atoms.